The second kappa shape index (κ2) is 15.8. The van der Waals surface area contributed by atoms with Gasteiger partial charge in [0, 0.05) is 0 Å². The van der Waals surface area contributed by atoms with Crippen LogP contribution in [0.2, 0.25) is 0 Å². The maximum absolute atomic E-state index is 10.0. The molecule has 0 aromatic rings. The summed E-state index contributed by atoms with van der Waals surface area (Å²) in [6, 6.07) is 0. The van der Waals surface area contributed by atoms with Crippen LogP contribution in [0, 0.1) is 6.58 Å². The van der Waals surface area contributed by atoms with E-state index in [1.165, 1.54) is 0 Å². The predicted octanol–water partition coefficient (Wildman–Crippen LogP) is 2.31. The molecule has 0 aliphatic heterocycles. The average molecular weight is 200 g/mol. The van der Waals surface area contributed by atoms with Crippen LogP contribution in [0.15, 0.2) is 6.08 Å². The minimum absolute atomic E-state index is 0. The van der Waals surface area contributed by atoms with Crippen LogP contribution in [-0.4, -0.2) is 0 Å². The average Bonchev–Trinajstić information content (AvgIpc) is 1.41. The normalized spacial score (nSPS) is 4.71. The number of hydrogen-bond acceptors (Lipinski definition) is 0. The number of hydrogen-bond donors (Lipinski definition) is 0. The Balaban J connectivity index is -0.0000000480. The molecule has 0 fully saturated rings. The van der Waals surface area contributed by atoms with Gasteiger partial charge in [-0.2, -0.15) is 0 Å². The summed E-state index contributed by atoms with van der Waals surface area (Å²) >= 11 is 0.847. The zero-order valence-electron chi connectivity index (χ0n) is 3.33. The molecule has 0 N–H and O–H groups in total. The number of rotatable bonds is 0. The van der Waals surface area contributed by atoms with Gasteiger partial charge in [-0.15, -0.1) is 12.4 Å². The Hall–Kier alpha value is 0.803. The summed E-state index contributed by atoms with van der Waals surface area (Å²) in [5, 5.41) is 0. The van der Waals surface area contributed by atoms with Crippen molar-refractivity contribution >= 4 is 22.1 Å². The fourth-order valence-electron chi connectivity index (χ4n) is 0. The molecular weight excluding hydrogens is 198 g/mol. The van der Waals surface area contributed by atoms with Gasteiger partial charge in [-0.1, -0.05) is 0 Å². The van der Waals surface area contributed by atoms with Gasteiger partial charge in [0.05, 0.1) is 6.08 Å². The van der Waals surface area contributed by atoms with Crippen molar-refractivity contribution in [1.29, 1.82) is 0 Å². The third kappa shape index (κ3) is 243. The van der Waals surface area contributed by atoms with E-state index in [1.807, 2.05) is 0 Å². The molecule has 0 bridgehead atoms. The van der Waals surface area contributed by atoms with E-state index in [-0.39, 0.29) is 12.4 Å². The second-order valence-electron chi connectivity index (χ2n) is 0.290. The summed E-state index contributed by atoms with van der Waals surface area (Å²) in [6.07, 6.45) is -2.08. The Kier molecular flexibility index (Phi) is 35.4. The van der Waals surface area contributed by atoms with E-state index in [4.69, 9.17) is 9.69 Å². The summed E-state index contributed by atoms with van der Waals surface area (Å²) < 4.78 is 20.1. The maximum atomic E-state index is 10.0. The van der Waals surface area contributed by atoms with Gasteiger partial charge in [-0.25, -0.2) is 8.78 Å². The third-order valence-electron chi connectivity index (χ3n) is 0. The van der Waals surface area contributed by atoms with E-state index >= 15 is 0 Å². The topological polar surface area (TPSA) is 0 Å². The van der Waals surface area contributed by atoms with Gasteiger partial charge in [0.2, 0.25) is 0 Å². The molecule has 0 aromatic carbocycles. The molecular formula is C2H2Cl2F2Zn. The summed E-state index contributed by atoms with van der Waals surface area (Å²) in [7, 11) is 4.76. The van der Waals surface area contributed by atoms with Crippen molar-refractivity contribution in [2.24, 2.45) is 0 Å². The molecule has 0 nitrogen and oxygen atoms in total. The second-order valence-corrected chi connectivity index (χ2v) is 0.290. The van der Waals surface area contributed by atoms with Gasteiger partial charge in [0.25, 0.3) is 0 Å². The van der Waals surface area contributed by atoms with Crippen LogP contribution in [0.3, 0.4) is 0 Å². The van der Waals surface area contributed by atoms with Crippen molar-refractivity contribution in [3.63, 3.8) is 0 Å². The quantitative estimate of drug-likeness (QED) is 0.416. The Morgan fingerprint density at radius 1 is 1.43 bits per heavy atom. The van der Waals surface area contributed by atoms with Gasteiger partial charge in [-0.05, 0) is 0 Å². The van der Waals surface area contributed by atoms with Crippen LogP contribution in [0.1, 0.15) is 0 Å². The first-order valence-corrected chi connectivity index (χ1v) is 4.83. The first-order chi connectivity index (χ1) is 2.73. The van der Waals surface area contributed by atoms with E-state index in [2.05, 4.69) is 6.58 Å². The fraction of sp³-hybridized carbons (Fsp3) is 0. The molecule has 0 rings (SSSR count). The molecule has 0 radical (unpaired) electrons. The molecule has 7 heavy (non-hydrogen) atoms. The Bertz CT molecular complexity index is 36.7. The van der Waals surface area contributed by atoms with E-state index in [0.717, 1.165) is 17.3 Å². The molecule has 0 aromatic heterocycles. The van der Waals surface area contributed by atoms with Crippen molar-refractivity contribution < 1.29 is 26.1 Å². The van der Waals surface area contributed by atoms with Crippen LogP contribution in [0.5, 0.6) is 0 Å². The minimum atomic E-state index is -2.08. The van der Waals surface area contributed by atoms with Gasteiger partial charge < -0.3 is 6.58 Å². The zero-order valence-corrected chi connectivity index (χ0v) is 7.87. The predicted molar refractivity (Wildman–Crippen MR) is 23.1 cm³/mol. The van der Waals surface area contributed by atoms with Crippen molar-refractivity contribution in [3.05, 3.63) is 12.7 Å². The van der Waals surface area contributed by atoms with Crippen LogP contribution >= 0.6 is 22.1 Å². The van der Waals surface area contributed by atoms with E-state index < -0.39 is 6.08 Å². The molecule has 0 atom stereocenters. The van der Waals surface area contributed by atoms with Crippen molar-refractivity contribution in [3.8, 4) is 0 Å². The Morgan fingerprint density at radius 2 is 1.43 bits per heavy atom. The first kappa shape index (κ1) is 15.7. The summed E-state index contributed by atoms with van der Waals surface area (Å²) in [4.78, 5) is 0. The van der Waals surface area contributed by atoms with Gasteiger partial charge in [-0.3, -0.25) is 0 Å². The first-order valence-electron chi connectivity index (χ1n) is 0.934. The van der Waals surface area contributed by atoms with Gasteiger partial charge >= 0.3 is 27.0 Å². The van der Waals surface area contributed by atoms with E-state index in [0.29, 0.717) is 0 Å². The molecule has 0 amide bonds. The molecule has 5 heteroatoms. The fourth-order valence-corrected chi connectivity index (χ4v) is 0. The van der Waals surface area contributed by atoms with Crippen molar-refractivity contribution in [1.82, 2.24) is 0 Å². The standard InChI is InChI=1S/C2HF2.2ClH.Zn/c1-2(3)4;;;/h1H;2*1H;/q-1;;;+2/p-1. The summed E-state index contributed by atoms with van der Waals surface area (Å²) in [5.41, 5.74) is 0. The van der Waals surface area contributed by atoms with Crippen molar-refractivity contribution in [2.75, 3.05) is 0 Å². The molecule has 0 aliphatic carbocycles. The zero-order chi connectivity index (χ0) is 5.58. The van der Waals surface area contributed by atoms with Crippen LogP contribution in [-0.2, 0) is 17.3 Å². The van der Waals surface area contributed by atoms with Crippen LogP contribution in [0.4, 0.5) is 8.78 Å². The van der Waals surface area contributed by atoms with E-state index in [1.54, 1.807) is 0 Å². The molecule has 40 valence electrons. The van der Waals surface area contributed by atoms with Gasteiger partial charge in [0.15, 0.2) is 0 Å². The SMILES string of the molecule is Cl.[CH-]=C(F)F.[Cl][Zn+]. The van der Waals surface area contributed by atoms with E-state index in [9.17, 15) is 8.78 Å². The molecule has 0 saturated heterocycles. The monoisotopic (exact) mass is 198 g/mol. The van der Waals surface area contributed by atoms with Crippen LogP contribution in [0.25, 0.3) is 0 Å². The molecule has 0 unspecified atom stereocenters. The Morgan fingerprint density at radius 3 is 1.43 bits per heavy atom. The number of halogens is 4. The third-order valence-corrected chi connectivity index (χ3v) is 0. The summed E-state index contributed by atoms with van der Waals surface area (Å²) in [5.74, 6) is 0. The van der Waals surface area contributed by atoms with Gasteiger partial charge in [0.1, 0.15) is 0 Å². The molecule has 0 spiro atoms. The summed E-state index contributed by atoms with van der Waals surface area (Å²) in [6.45, 7) is 3.69. The molecule has 0 saturated carbocycles. The van der Waals surface area contributed by atoms with Crippen LogP contribution < -0.4 is 0 Å². The van der Waals surface area contributed by atoms with Crippen molar-refractivity contribution in [2.45, 2.75) is 0 Å². The molecule has 0 heterocycles. The molecule has 0 aliphatic rings. The Labute approximate surface area is 61.1 Å².